The summed E-state index contributed by atoms with van der Waals surface area (Å²) >= 11 is 0. The predicted molar refractivity (Wildman–Crippen MR) is 101 cm³/mol. The van der Waals surface area contributed by atoms with Gasteiger partial charge in [0, 0.05) is 37.6 Å². The number of nitrogens with zero attached hydrogens (tertiary/aromatic N) is 3. The maximum Gasteiger partial charge on any atom is 0.266 e. The monoisotopic (exact) mass is 355 g/mol. The van der Waals surface area contributed by atoms with E-state index in [0.717, 1.165) is 31.6 Å². The maximum absolute atomic E-state index is 12.6. The highest BCUT2D eigenvalue weighted by atomic mass is 16.2. The Hall–Kier alpha value is -2.85. The van der Waals surface area contributed by atoms with Crippen LogP contribution in [0.25, 0.3) is 0 Å². The van der Waals surface area contributed by atoms with E-state index in [2.05, 4.69) is 22.6 Å². The molecule has 0 unspecified atom stereocenters. The summed E-state index contributed by atoms with van der Waals surface area (Å²) in [6.07, 6.45) is 3.26. The van der Waals surface area contributed by atoms with E-state index < -0.39 is 0 Å². The number of nitriles is 1. The van der Waals surface area contributed by atoms with Crippen LogP contribution in [0.1, 0.15) is 19.8 Å². The lowest BCUT2D eigenvalue weighted by Gasteiger charge is -2.34. The summed E-state index contributed by atoms with van der Waals surface area (Å²) in [4.78, 5) is 27.5. The molecule has 1 aromatic carbocycles. The van der Waals surface area contributed by atoms with Crippen molar-refractivity contribution in [3.05, 3.63) is 36.0 Å². The van der Waals surface area contributed by atoms with Crippen LogP contribution in [0, 0.1) is 11.3 Å². The number of carbonyl (C=O) groups is 2. The van der Waals surface area contributed by atoms with Crippen LogP contribution in [-0.2, 0) is 9.59 Å². The number of hydrogen-bond donors (Lipinski definition) is 2. The van der Waals surface area contributed by atoms with E-state index >= 15 is 0 Å². The summed E-state index contributed by atoms with van der Waals surface area (Å²) in [6, 6.07) is 9.16. The molecule has 0 bridgehead atoms. The van der Waals surface area contributed by atoms with Gasteiger partial charge in [0.25, 0.3) is 5.91 Å². The first kappa shape index (κ1) is 19.5. The van der Waals surface area contributed by atoms with Crippen LogP contribution >= 0.6 is 0 Å². The van der Waals surface area contributed by atoms with Gasteiger partial charge in [-0.05, 0) is 57.2 Å². The lowest BCUT2D eigenvalue weighted by molar-refractivity contribution is -0.128. The maximum atomic E-state index is 12.6. The number of likely N-dealkylation sites (tertiary alicyclic amines) is 1. The number of likely N-dealkylation sites (N-methyl/N-ethyl adjacent to an activating group) is 1. The van der Waals surface area contributed by atoms with Gasteiger partial charge in [-0.25, -0.2) is 0 Å². The van der Waals surface area contributed by atoms with Crippen molar-refractivity contribution in [2.24, 2.45) is 0 Å². The zero-order valence-corrected chi connectivity index (χ0v) is 15.5. The van der Waals surface area contributed by atoms with Crippen LogP contribution in [0.15, 0.2) is 36.0 Å². The van der Waals surface area contributed by atoms with Gasteiger partial charge in [0.15, 0.2) is 0 Å². The third-order valence-electron chi connectivity index (χ3n) is 4.50. The molecule has 1 aromatic rings. The van der Waals surface area contributed by atoms with E-state index in [9.17, 15) is 14.9 Å². The second-order valence-corrected chi connectivity index (χ2v) is 6.52. The number of anilines is 2. The van der Waals surface area contributed by atoms with Crippen molar-refractivity contribution in [2.45, 2.75) is 25.8 Å². The molecule has 0 aromatic heterocycles. The lowest BCUT2D eigenvalue weighted by atomic mass is 10.0. The fraction of sp³-hybridized carbons (Fsp3) is 0.421. The molecule has 7 heteroatoms. The second kappa shape index (κ2) is 9.02. The zero-order chi connectivity index (χ0) is 19.1. The lowest BCUT2D eigenvalue weighted by Crippen LogP contribution is -2.44. The average molecular weight is 355 g/mol. The van der Waals surface area contributed by atoms with Crippen molar-refractivity contribution in [2.75, 3.05) is 37.8 Å². The molecule has 1 heterocycles. The molecule has 7 nitrogen and oxygen atoms in total. The molecule has 26 heavy (non-hydrogen) atoms. The van der Waals surface area contributed by atoms with Crippen LogP contribution in [0.4, 0.5) is 11.4 Å². The predicted octanol–water partition coefficient (Wildman–Crippen LogP) is 2.02. The normalized spacial score (nSPS) is 15.8. The SMILES string of the molecule is CC(=O)Nc1ccc(N/C=C(/C#N)C(=O)N(C)C2CCN(C)CC2)cc1. The van der Waals surface area contributed by atoms with Crippen molar-refractivity contribution in [1.82, 2.24) is 9.80 Å². The Bertz CT molecular complexity index is 712. The Balaban J connectivity index is 1.99. The first-order chi connectivity index (χ1) is 12.4. The molecule has 2 N–H and O–H groups in total. The minimum absolute atomic E-state index is 0.0670. The molecular weight excluding hydrogens is 330 g/mol. The van der Waals surface area contributed by atoms with Crippen LogP contribution in [-0.4, -0.2) is 54.8 Å². The molecule has 0 aliphatic carbocycles. The quantitative estimate of drug-likeness (QED) is 0.623. The standard InChI is InChI=1S/C19H25N5O2/c1-14(25)22-17-6-4-16(5-7-17)21-13-15(12-20)19(26)24(3)18-8-10-23(2)11-9-18/h4-7,13,18,21H,8-11H2,1-3H3,(H,22,25)/b15-13-. The van der Waals surface area contributed by atoms with Crippen LogP contribution < -0.4 is 10.6 Å². The summed E-state index contributed by atoms with van der Waals surface area (Å²) in [7, 11) is 3.82. The number of rotatable bonds is 5. The molecule has 2 rings (SSSR count). The summed E-state index contributed by atoms with van der Waals surface area (Å²) in [5, 5.41) is 15.0. The van der Waals surface area contributed by atoms with Gasteiger partial charge < -0.3 is 20.4 Å². The molecule has 2 amide bonds. The van der Waals surface area contributed by atoms with Gasteiger partial charge in [-0.3, -0.25) is 9.59 Å². The average Bonchev–Trinajstić information content (AvgIpc) is 2.63. The van der Waals surface area contributed by atoms with E-state index in [1.165, 1.54) is 13.1 Å². The van der Waals surface area contributed by atoms with Crippen LogP contribution in [0.5, 0.6) is 0 Å². The first-order valence-corrected chi connectivity index (χ1v) is 8.61. The van der Waals surface area contributed by atoms with Crippen molar-refractivity contribution in [3.8, 4) is 6.07 Å². The molecule has 0 atom stereocenters. The number of carbonyl (C=O) groups excluding carboxylic acids is 2. The highest BCUT2D eigenvalue weighted by Crippen LogP contribution is 2.17. The van der Waals surface area contributed by atoms with Crippen molar-refractivity contribution in [3.63, 3.8) is 0 Å². The highest BCUT2D eigenvalue weighted by Gasteiger charge is 2.25. The van der Waals surface area contributed by atoms with Gasteiger partial charge in [-0.2, -0.15) is 5.26 Å². The third kappa shape index (κ3) is 5.33. The molecular formula is C19H25N5O2. The minimum atomic E-state index is -0.274. The van der Waals surface area contributed by atoms with Crippen molar-refractivity contribution in [1.29, 1.82) is 5.26 Å². The largest absolute Gasteiger partial charge is 0.360 e. The van der Waals surface area contributed by atoms with Gasteiger partial charge in [-0.1, -0.05) is 0 Å². The van der Waals surface area contributed by atoms with Gasteiger partial charge in [-0.15, -0.1) is 0 Å². The van der Waals surface area contributed by atoms with Gasteiger partial charge in [0.05, 0.1) is 0 Å². The van der Waals surface area contributed by atoms with Crippen molar-refractivity contribution >= 4 is 23.2 Å². The van der Waals surface area contributed by atoms with Crippen LogP contribution in [0.2, 0.25) is 0 Å². The van der Waals surface area contributed by atoms with E-state index in [1.807, 2.05) is 6.07 Å². The number of benzene rings is 1. The topological polar surface area (TPSA) is 88.5 Å². The molecule has 1 aliphatic heterocycles. The minimum Gasteiger partial charge on any atom is -0.360 e. The molecule has 0 spiro atoms. The van der Waals surface area contributed by atoms with E-state index in [4.69, 9.17) is 0 Å². The Morgan fingerprint density at radius 2 is 1.81 bits per heavy atom. The molecule has 138 valence electrons. The smallest absolute Gasteiger partial charge is 0.266 e. The fourth-order valence-corrected chi connectivity index (χ4v) is 2.89. The van der Waals surface area contributed by atoms with Gasteiger partial charge in [0.2, 0.25) is 5.91 Å². The second-order valence-electron chi connectivity index (χ2n) is 6.52. The number of amides is 2. The number of hydrogen-bond acceptors (Lipinski definition) is 5. The van der Waals surface area contributed by atoms with E-state index in [-0.39, 0.29) is 23.4 Å². The van der Waals surface area contributed by atoms with Crippen molar-refractivity contribution < 1.29 is 9.59 Å². The van der Waals surface area contributed by atoms with Crippen LogP contribution in [0.3, 0.4) is 0 Å². The number of nitrogens with one attached hydrogen (secondary N) is 2. The summed E-state index contributed by atoms with van der Waals surface area (Å²) in [5.41, 5.74) is 1.48. The highest BCUT2D eigenvalue weighted by molar-refractivity contribution is 5.97. The molecule has 0 radical (unpaired) electrons. The summed E-state index contributed by atoms with van der Waals surface area (Å²) in [5.74, 6) is -0.413. The van der Waals surface area contributed by atoms with Gasteiger partial charge >= 0.3 is 0 Å². The number of piperidine rings is 1. The molecule has 1 aliphatic rings. The Morgan fingerprint density at radius 1 is 1.23 bits per heavy atom. The molecule has 1 saturated heterocycles. The summed E-state index contributed by atoms with van der Waals surface area (Å²) in [6.45, 7) is 3.35. The fourth-order valence-electron chi connectivity index (χ4n) is 2.89. The van der Waals surface area contributed by atoms with E-state index in [1.54, 1.807) is 36.2 Å². The van der Waals surface area contributed by atoms with E-state index in [0.29, 0.717) is 5.69 Å². The summed E-state index contributed by atoms with van der Waals surface area (Å²) < 4.78 is 0. The third-order valence-corrected chi connectivity index (χ3v) is 4.50. The first-order valence-electron chi connectivity index (χ1n) is 8.61. The molecule has 1 fully saturated rings. The molecule has 0 saturated carbocycles. The zero-order valence-electron chi connectivity index (χ0n) is 15.5. The Kier molecular flexibility index (Phi) is 6.75. The Morgan fingerprint density at radius 3 is 2.35 bits per heavy atom. The Labute approximate surface area is 154 Å². The van der Waals surface area contributed by atoms with Gasteiger partial charge in [0.1, 0.15) is 11.6 Å².